The van der Waals surface area contributed by atoms with Gasteiger partial charge in [-0.3, -0.25) is 9.69 Å². The Bertz CT molecular complexity index is 574. The molecule has 1 aromatic rings. The van der Waals surface area contributed by atoms with Crippen LogP contribution in [0.2, 0.25) is 0 Å². The van der Waals surface area contributed by atoms with Gasteiger partial charge in [-0.1, -0.05) is 6.42 Å². The van der Waals surface area contributed by atoms with E-state index < -0.39 is 17.6 Å². The van der Waals surface area contributed by atoms with Gasteiger partial charge in [-0.05, 0) is 44.0 Å². The first-order chi connectivity index (χ1) is 11.3. The van der Waals surface area contributed by atoms with Crippen molar-refractivity contribution in [3.05, 3.63) is 35.1 Å². The largest absolute Gasteiger partial charge is 0.416 e. The molecular formula is C17H22F4N2O. The second kappa shape index (κ2) is 7.96. The van der Waals surface area contributed by atoms with E-state index in [9.17, 15) is 22.4 Å². The maximum absolute atomic E-state index is 13.9. The van der Waals surface area contributed by atoms with Crippen LogP contribution in [0.4, 0.5) is 17.6 Å². The summed E-state index contributed by atoms with van der Waals surface area (Å²) in [6.45, 7) is 2.83. The van der Waals surface area contributed by atoms with Crippen molar-refractivity contribution in [2.75, 3.05) is 13.1 Å². The number of hydrogen-bond acceptors (Lipinski definition) is 2. The molecule has 7 heteroatoms. The Labute approximate surface area is 139 Å². The number of carbonyl (C=O) groups is 1. The van der Waals surface area contributed by atoms with E-state index in [0.29, 0.717) is 13.0 Å². The van der Waals surface area contributed by atoms with Crippen LogP contribution >= 0.6 is 0 Å². The molecule has 1 atom stereocenters. The highest BCUT2D eigenvalue weighted by Crippen LogP contribution is 2.31. The Morgan fingerprint density at radius 1 is 1.33 bits per heavy atom. The van der Waals surface area contributed by atoms with E-state index in [1.807, 2.05) is 4.90 Å². The van der Waals surface area contributed by atoms with Gasteiger partial charge in [0.1, 0.15) is 5.82 Å². The van der Waals surface area contributed by atoms with Crippen molar-refractivity contribution in [2.45, 2.75) is 51.4 Å². The van der Waals surface area contributed by atoms with E-state index in [0.717, 1.165) is 44.0 Å². The van der Waals surface area contributed by atoms with Gasteiger partial charge in [0.2, 0.25) is 5.91 Å². The predicted molar refractivity (Wildman–Crippen MR) is 82.8 cm³/mol. The molecule has 1 aromatic carbocycles. The van der Waals surface area contributed by atoms with Crippen LogP contribution in [0, 0.1) is 5.82 Å². The molecule has 1 N–H and O–H groups in total. The van der Waals surface area contributed by atoms with Crippen molar-refractivity contribution < 1.29 is 22.4 Å². The summed E-state index contributed by atoms with van der Waals surface area (Å²) in [6, 6.07) is 2.69. The molecule has 0 unspecified atom stereocenters. The Morgan fingerprint density at radius 3 is 2.75 bits per heavy atom. The number of nitrogens with one attached hydrogen (secondary N) is 1. The van der Waals surface area contributed by atoms with Crippen molar-refractivity contribution in [3.63, 3.8) is 0 Å². The van der Waals surface area contributed by atoms with Gasteiger partial charge in [-0.15, -0.1) is 0 Å². The molecule has 1 aliphatic heterocycles. The number of piperidine rings is 1. The zero-order valence-electron chi connectivity index (χ0n) is 13.6. The Kier molecular flexibility index (Phi) is 6.21. The monoisotopic (exact) mass is 346 g/mol. The molecule has 1 saturated heterocycles. The van der Waals surface area contributed by atoms with Crippen molar-refractivity contribution in [2.24, 2.45) is 0 Å². The minimum Gasteiger partial charge on any atom is -0.356 e. The topological polar surface area (TPSA) is 32.3 Å². The lowest BCUT2D eigenvalue weighted by Gasteiger charge is -2.36. The molecule has 0 aromatic heterocycles. The molecule has 1 heterocycles. The van der Waals surface area contributed by atoms with Crippen molar-refractivity contribution in [1.82, 2.24) is 10.2 Å². The fourth-order valence-electron chi connectivity index (χ4n) is 3.10. The van der Waals surface area contributed by atoms with Crippen LogP contribution in [0.1, 0.15) is 43.7 Å². The lowest BCUT2D eigenvalue weighted by atomic mass is 9.98. The van der Waals surface area contributed by atoms with E-state index in [2.05, 4.69) is 5.32 Å². The lowest BCUT2D eigenvalue weighted by Crippen LogP contribution is -2.41. The number of nitrogens with zero attached hydrogens (tertiary/aromatic N) is 1. The summed E-state index contributed by atoms with van der Waals surface area (Å²) in [7, 11) is 0. The molecule has 0 bridgehead atoms. The molecule has 0 radical (unpaired) electrons. The molecule has 2 rings (SSSR count). The fraction of sp³-hybridized carbons (Fsp3) is 0.588. The standard InChI is InChI=1S/C17H22F4N2O/c1-12(24)22-8-7-15-4-2-3-9-23(15)11-13-10-14(17(19,20)21)5-6-16(13)18/h5-6,10,15H,2-4,7-9,11H2,1H3,(H,22,24)/t15-/m1/s1. The zero-order valence-corrected chi connectivity index (χ0v) is 13.6. The first kappa shape index (κ1) is 18.7. The van der Waals surface area contributed by atoms with E-state index in [4.69, 9.17) is 0 Å². The Hall–Kier alpha value is -1.63. The number of alkyl halides is 3. The summed E-state index contributed by atoms with van der Waals surface area (Å²) in [5.74, 6) is -0.726. The van der Waals surface area contributed by atoms with Gasteiger partial charge in [-0.2, -0.15) is 13.2 Å². The maximum atomic E-state index is 13.9. The predicted octanol–water partition coefficient (Wildman–Crippen LogP) is 3.73. The highest BCUT2D eigenvalue weighted by molar-refractivity contribution is 5.72. The summed E-state index contributed by atoms with van der Waals surface area (Å²) >= 11 is 0. The number of amides is 1. The van der Waals surface area contributed by atoms with Crippen LogP contribution in [0.5, 0.6) is 0 Å². The molecule has 0 aliphatic carbocycles. The molecule has 1 fully saturated rings. The summed E-state index contributed by atoms with van der Waals surface area (Å²) in [4.78, 5) is 13.0. The third-order valence-corrected chi connectivity index (χ3v) is 4.35. The second-order valence-corrected chi connectivity index (χ2v) is 6.20. The smallest absolute Gasteiger partial charge is 0.356 e. The van der Waals surface area contributed by atoms with E-state index >= 15 is 0 Å². The molecule has 134 valence electrons. The van der Waals surface area contributed by atoms with Crippen LogP contribution in [0.25, 0.3) is 0 Å². The van der Waals surface area contributed by atoms with Crippen LogP contribution < -0.4 is 5.32 Å². The number of hydrogen-bond donors (Lipinski definition) is 1. The van der Waals surface area contributed by atoms with Crippen molar-refractivity contribution in [1.29, 1.82) is 0 Å². The van der Waals surface area contributed by atoms with E-state index in [1.54, 1.807) is 0 Å². The fourth-order valence-corrected chi connectivity index (χ4v) is 3.10. The van der Waals surface area contributed by atoms with Gasteiger partial charge >= 0.3 is 6.18 Å². The van der Waals surface area contributed by atoms with Gasteiger partial charge < -0.3 is 5.32 Å². The van der Waals surface area contributed by atoms with Gasteiger partial charge in [0.15, 0.2) is 0 Å². The number of carbonyl (C=O) groups excluding carboxylic acids is 1. The number of benzene rings is 1. The van der Waals surface area contributed by atoms with Crippen LogP contribution in [0.3, 0.4) is 0 Å². The van der Waals surface area contributed by atoms with Crippen molar-refractivity contribution in [3.8, 4) is 0 Å². The van der Waals surface area contributed by atoms with Gasteiger partial charge in [0.05, 0.1) is 5.56 Å². The highest BCUT2D eigenvalue weighted by Gasteiger charge is 2.31. The first-order valence-electron chi connectivity index (χ1n) is 8.11. The van der Waals surface area contributed by atoms with Crippen molar-refractivity contribution >= 4 is 5.91 Å². The van der Waals surface area contributed by atoms with Crippen LogP contribution in [-0.2, 0) is 17.5 Å². The first-order valence-corrected chi connectivity index (χ1v) is 8.11. The normalized spacial score (nSPS) is 19.3. The number of halogens is 4. The van der Waals surface area contributed by atoms with E-state index in [1.165, 1.54) is 6.92 Å². The highest BCUT2D eigenvalue weighted by atomic mass is 19.4. The van der Waals surface area contributed by atoms with Crippen LogP contribution in [0.15, 0.2) is 18.2 Å². The average molecular weight is 346 g/mol. The third-order valence-electron chi connectivity index (χ3n) is 4.35. The Balaban J connectivity index is 2.07. The quantitative estimate of drug-likeness (QED) is 0.824. The summed E-state index contributed by atoms with van der Waals surface area (Å²) < 4.78 is 52.4. The molecule has 0 spiro atoms. The molecule has 0 saturated carbocycles. The SMILES string of the molecule is CC(=O)NCC[C@H]1CCCCN1Cc1cc(C(F)(F)F)ccc1F. The second-order valence-electron chi connectivity index (χ2n) is 6.20. The van der Waals surface area contributed by atoms with Gasteiger partial charge in [0.25, 0.3) is 0 Å². The third kappa shape index (κ3) is 5.19. The average Bonchev–Trinajstić information content (AvgIpc) is 2.49. The lowest BCUT2D eigenvalue weighted by molar-refractivity contribution is -0.137. The zero-order chi connectivity index (χ0) is 17.7. The maximum Gasteiger partial charge on any atom is 0.416 e. The number of likely N-dealkylation sites (tertiary alicyclic amines) is 1. The molecule has 1 aliphatic rings. The van der Waals surface area contributed by atoms with Crippen LogP contribution in [-0.4, -0.2) is 29.9 Å². The molecule has 24 heavy (non-hydrogen) atoms. The summed E-state index contributed by atoms with van der Waals surface area (Å²) in [5, 5.41) is 2.73. The summed E-state index contributed by atoms with van der Waals surface area (Å²) in [5.41, 5.74) is -0.762. The molecule has 3 nitrogen and oxygen atoms in total. The van der Waals surface area contributed by atoms with Gasteiger partial charge in [-0.25, -0.2) is 4.39 Å². The minimum atomic E-state index is -4.48. The molecular weight excluding hydrogens is 324 g/mol. The van der Waals surface area contributed by atoms with E-state index in [-0.39, 0.29) is 24.1 Å². The minimum absolute atomic E-state index is 0.0660. The molecule has 1 amide bonds. The Morgan fingerprint density at radius 2 is 2.08 bits per heavy atom. The van der Waals surface area contributed by atoms with Gasteiger partial charge in [0, 0.05) is 31.6 Å². The summed E-state index contributed by atoms with van der Waals surface area (Å²) in [6.07, 6.45) is -0.890. The number of rotatable bonds is 5.